The molecule has 2 nitrogen and oxygen atoms in total. The maximum atomic E-state index is 15.0. The monoisotopic (exact) mass is 390 g/mol. The number of carbonyl (C=O) groups excluding carboxylic acids is 1. The van der Waals surface area contributed by atoms with Crippen molar-refractivity contribution in [2.75, 3.05) is 7.11 Å². The van der Waals surface area contributed by atoms with Crippen molar-refractivity contribution in [1.82, 2.24) is 0 Å². The molecule has 0 spiro atoms. The highest BCUT2D eigenvalue weighted by atomic mass is 19.1. The molecule has 0 radical (unpaired) electrons. The second-order valence-electron chi connectivity index (χ2n) is 8.13. The first kappa shape index (κ1) is 19.6. The number of ether oxygens (including phenoxy) is 1. The Hall–Kier alpha value is -2.68. The first-order valence-corrected chi connectivity index (χ1v) is 10.5. The maximum Gasteiger partial charge on any atom is 0.337 e. The van der Waals surface area contributed by atoms with Crippen molar-refractivity contribution in [3.05, 3.63) is 71.5 Å². The van der Waals surface area contributed by atoms with Crippen molar-refractivity contribution in [2.45, 2.75) is 44.9 Å². The third-order valence-corrected chi connectivity index (χ3v) is 6.46. The van der Waals surface area contributed by atoms with E-state index in [1.165, 1.54) is 26.4 Å². The molecular weight excluding hydrogens is 363 g/mol. The van der Waals surface area contributed by atoms with Crippen LogP contribution in [0.3, 0.4) is 0 Å². The molecule has 0 aromatic heterocycles. The molecule has 1 saturated carbocycles. The molecule has 0 atom stereocenters. The Kier molecular flexibility index (Phi) is 5.66. The first-order chi connectivity index (χ1) is 14.1. The highest BCUT2D eigenvalue weighted by Gasteiger charge is 2.22. The van der Waals surface area contributed by atoms with Crippen molar-refractivity contribution in [3.63, 3.8) is 0 Å². The fraction of sp³-hybridized carbons (Fsp3) is 0.346. The van der Waals surface area contributed by atoms with E-state index in [0.717, 1.165) is 40.7 Å². The van der Waals surface area contributed by atoms with Crippen molar-refractivity contribution in [2.24, 2.45) is 5.92 Å². The van der Waals surface area contributed by atoms with Gasteiger partial charge in [0.1, 0.15) is 5.82 Å². The average Bonchev–Trinajstić information content (AvgIpc) is 2.77. The van der Waals surface area contributed by atoms with Crippen LogP contribution in [0.4, 0.5) is 4.39 Å². The largest absolute Gasteiger partial charge is 0.465 e. The summed E-state index contributed by atoms with van der Waals surface area (Å²) in [7, 11) is 1.37. The molecule has 0 N–H and O–H groups in total. The van der Waals surface area contributed by atoms with Gasteiger partial charge in [-0.3, -0.25) is 0 Å². The Morgan fingerprint density at radius 3 is 2.38 bits per heavy atom. The Labute approximate surface area is 171 Å². The van der Waals surface area contributed by atoms with Crippen molar-refractivity contribution in [1.29, 1.82) is 0 Å². The molecule has 0 bridgehead atoms. The molecule has 1 aliphatic rings. The van der Waals surface area contributed by atoms with Crippen LogP contribution in [0.15, 0.2) is 54.6 Å². The van der Waals surface area contributed by atoms with E-state index in [4.69, 9.17) is 4.74 Å². The lowest BCUT2D eigenvalue weighted by Crippen LogP contribution is -2.12. The minimum atomic E-state index is -0.356. The number of methoxy groups -OCH3 is 1. The summed E-state index contributed by atoms with van der Waals surface area (Å²) in [6.07, 6.45) is 6.08. The highest BCUT2D eigenvalue weighted by molar-refractivity contribution is 5.96. The van der Waals surface area contributed by atoms with Gasteiger partial charge in [-0.15, -0.1) is 0 Å². The van der Waals surface area contributed by atoms with Gasteiger partial charge in [-0.05, 0) is 83.7 Å². The summed E-state index contributed by atoms with van der Waals surface area (Å²) < 4.78 is 19.8. The minimum Gasteiger partial charge on any atom is -0.465 e. The van der Waals surface area contributed by atoms with Crippen LogP contribution in [-0.4, -0.2) is 13.1 Å². The van der Waals surface area contributed by atoms with Crippen molar-refractivity contribution < 1.29 is 13.9 Å². The van der Waals surface area contributed by atoms with Gasteiger partial charge in [0, 0.05) is 5.56 Å². The zero-order valence-corrected chi connectivity index (χ0v) is 17.1. The van der Waals surface area contributed by atoms with Crippen LogP contribution in [0.25, 0.3) is 21.9 Å². The molecule has 150 valence electrons. The Morgan fingerprint density at radius 1 is 0.966 bits per heavy atom. The molecule has 3 aromatic carbocycles. The number of benzene rings is 3. The van der Waals surface area contributed by atoms with E-state index < -0.39 is 0 Å². The highest BCUT2D eigenvalue weighted by Crippen LogP contribution is 2.38. The maximum absolute atomic E-state index is 15.0. The Balaban J connectivity index is 1.59. The fourth-order valence-electron chi connectivity index (χ4n) is 4.58. The van der Waals surface area contributed by atoms with Gasteiger partial charge in [-0.2, -0.15) is 0 Å². The average molecular weight is 390 g/mol. The van der Waals surface area contributed by atoms with E-state index in [1.54, 1.807) is 18.2 Å². The predicted octanol–water partition coefficient (Wildman–Crippen LogP) is 7.12. The van der Waals surface area contributed by atoms with Crippen LogP contribution in [0.2, 0.25) is 0 Å². The van der Waals surface area contributed by atoms with Gasteiger partial charge < -0.3 is 4.74 Å². The fourth-order valence-corrected chi connectivity index (χ4v) is 4.58. The van der Waals surface area contributed by atoms with Crippen LogP contribution in [0.5, 0.6) is 0 Å². The predicted molar refractivity (Wildman–Crippen MR) is 116 cm³/mol. The van der Waals surface area contributed by atoms with E-state index in [1.807, 2.05) is 30.3 Å². The van der Waals surface area contributed by atoms with E-state index in [9.17, 15) is 9.18 Å². The third kappa shape index (κ3) is 4.05. The van der Waals surface area contributed by atoms with Gasteiger partial charge in [0.2, 0.25) is 0 Å². The van der Waals surface area contributed by atoms with Crippen LogP contribution in [-0.2, 0) is 4.74 Å². The lowest BCUT2D eigenvalue weighted by atomic mass is 9.77. The molecule has 1 aliphatic carbocycles. The van der Waals surface area contributed by atoms with Crippen LogP contribution in [0, 0.1) is 11.7 Å². The van der Waals surface area contributed by atoms with Gasteiger partial charge in [0.25, 0.3) is 0 Å². The van der Waals surface area contributed by atoms with E-state index in [-0.39, 0.29) is 11.8 Å². The molecule has 0 amide bonds. The van der Waals surface area contributed by atoms with Crippen LogP contribution in [0.1, 0.15) is 60.9 Å². The van der Waals surface area contributed by atoms with Crippen molar-refractivity contribution in [3.8, 4) is 11.1 Å². The molecule has 1 fully saturated rings. The number of halogens is 1. The number of fused-ring (bicyclic) bond motifs is 1. The molecule has 4 rings (SSSR count). The lowest BCUT2D eigenvalue weighted by molar-refractivity contribution is 0.0601. The Bertz CT molecular complexity index is 1030. The summed E-state index contributed by atoms with van der Waals surface area (Å²) in [5, 5.41) is 1.90. The first-order valence-electron chi connectivity index (χ1n) is 10.5. The molecule has 3 aromatic rings. The topological polar surface area (TPSA) is 26.3 Å². The normalized spacial score (nSPS) is 19.3. The van der Waals surface area contributed by atoms with Crippen LogP contribution >= 0.6 is 0 Å². The van der Waals surface area contributed by atoms with Gasteiger partial charge in [0.15, 0.2) is 0 Å². The molecule has 0 aliphatic heterocycles. The number of carbonyl (C=O) groups is 1. The summed E-state index contributed by atoms with van der Waals surface area (Å²) in [5.41, 5.74) is 3.11. The lowest BCUT2D eigenvalue weighted by Gasteiger charge is -2.28. The second kappa shape index (κ2) is 8.36. The van der Waals surface area contributed by atoms with Crippen LogP contribution < -0.4 is 0 Å². The summed E-state index contributed by atoms with van der Waals surface area (Å²) >= 11 is 0. The van der Waals surface area contributed by atoms with Gasteiger partial charge in [0.05, 0.1) is 12.7 Å². The van der Waals surface area contributed by atoms with E-state index in [0.29, 0.717) is 17.0 Å². The third-order valence-electron chi connectivity index (χ3n) is 6.46. The number of esters is 1. The standard InChI is InChI=1S/C26H27FO2/c1-3-17-4-6-18(7-5-17)21-12-13-24(25(27)16-21)22-10-8-20-15-23(26(28)29-2)11-9-19(20)14-22/h8-18H,3-7H2,1-2H3. The summed E-state index contributed by atoms with van der Waals surface area (Å²) in [6, 6.07) is 17.0. The number of hydrogen-bond acceptors (Lipinski definition) is 2. The molecular formula is C26H27FO2. The molecule has 0 saturated heterocycles. The molecule has 3 heteroatoms. The Morgan fingerprint density at radius 2 is 1.69 bits per heavy atom. The van der Waals surface area contributed by atoms with Gasteiger partial charge in [-0.1, -0.05) is 43.7 Å². The minimum absolute atomic E-state index is 0.161. The van der Waals surface area contributed by atoms with Crippen molar-refractivity contribution >= 4 is 16.7 Å². The summed E-state index contributed by atoms with van der Waals surface area (Å²) in [4.78, 5) is 11.7. The number of hydrogen-bond donors (Lipinski definition) is 0. The second-order valence-corrected chi connectivity index (χ2v) is 8.13. The molecule has 0 unspecified atom stereocenters. The smallest absolute Gasteiger partial charge is 0.337 e. The SMILES string of the molecule is CCC1CCC(c2ccc(-c3ccc4cc(C(=O)OC)ccc4c3)c(F)c2)CC1. The zero-order valence-electron chi connectivity index (χ0n) is 17.1. The zero-order chi connectivity index (χ0) is 20.4. The van der Waals surface area contributed by atoms with E-state index in [2.05, 4.69) is 13.0 Å². The quantitative estimate of drug-likeness (QED) is 0.443. The summed E-state index contributed by atoms with van der Waals surface area (Å²) in [5.74, 6) is 0.804. The summed E-state index contributed by atoms with van der Waals surface area (Å²) in [6.45, 7) is 2.26. The molecule has 29 heavy (non-hydrogen) atoms. The molecule has 0 heterocycles. The van der Waals surface area contributed by atoms with Gasteiger partial charge >= 0.3 is 5.97 Å². The number of rotatable bonds is 4. The van der Waals surface area contributed by atoms with E-state index >= 15 is 0 Å². The van der Waals surface area contributed by atoms with Gasteiger partial charge in [-0.25, -0.2) is 9.18 Å².